The summed E-state index contributed by atoms with van der Waals surface area (Å²) in [6.07, 6.45) is 4.10. The van der Waals surface area contributed by atoms with Crippen LogP contribution in [0.5, 0.6) is 0 Å². The van der Waals surface area contributed by atoms with Crippen molar-refractivity contribution in [2.75, 3.05) is 19.6 Å². The summed E-state index contributed by atoms with van der Waals surface area (Å²) in [4.78, 5) is 39.5. The van der Waals surface area contributed by atoms with Crippen LogP contribution in [0.15, 0.2) is 18.2 Å². The Morgan fingerprint density at radius 3 is 2.38 bits per heavy atom. The van der Waals surface area contributed by atoms with E-state index in [2.05, 4.69) is 16.9 Å². The topological polar surface area (TPSA) is 66.4 Å². The van der Waals surface area contributed by atoms with Crippen LogP contribution in [0.3, 0.4) is 0 Å². The number of aromatic nitrogens is 2. The first-order valence-corrected chi connectivity index (χ1v) is 10.7. The number of carbonyl (C=O) groups excluding carboxylic acids is 2. The van der Waals surface area contributed by atoms with Crippen molar-refractivity contribution >= 4 is 22.8 Å². The van der Waals surface area contributed by atoms with Gasteiger partial charge >= 0.3 is 0 Å². The van der Waals surface area contributed by atoms with Crippen molar-refractivity contribution in [2.45, 2.75) is 52.0 Å². The average Bonchev–Trinajstić information content (AvgIpc) is 3.42. The zero-order valence-corrected chi connectivity index (χ0v) is 17.4. The largest absolute Gasteiger partial charge is 0.338 e. The molecule has 1 spiro atoms. The monoisotopic (exact) mass is 392 g/mol. The zero-order valence-electron chi connectivity index (χ0n) is 17.4. The lowest BCUT2D eigenvalue weighted by atomic mass is 9.73. The third kappa shape index (κ3) is 3.00. The van der Waals surface area contributed by atoms with E-state index in [0.717, 1.165) is 48.1 Å². The lowest BCUT2D eigenvalue weighted by Gasteiger charge is -2.56. The number of benzene rings is 1. The highest BCUT2D eigenvalue weighted by Gasteiger charge is 2.51. The number of carbonyl (C=O) groups is 2. The second-order valence-electron chi connectivity index (χ2n) is 9.21. The molecule has 0 radical (unpaired) electrons. The lowest BCUT2D eigenvalue weighted by molar-refractivity contribution is -0.140. The summed E-state index contributed by atoms with van der Waals surface area (Å²) in [7, 11) is 0. The van der Waals surface area contributed by atoms with E-state index in [0.29, 0.717) is 37.0 Å². The zero-order chi connectivity index (χ0) is 20.3. The predicted molar refractivity (Wildman–Crippen MR) is 110 cm³/mol. The number of hydrogen-bond donors (Lipinski definition) is 0. The molecule has 2 amide bonds. The molecule has 2 aliphatic carbocycles. The van der Waals surface area contributed by atoms with E-state index in [1.165, 1.54) is 0 Å². The SMILES string of the molecule is Cc1nc2ccc(C(=O)N3CCN(C(=O)[C@@H]4C[C@H]4C)CC34CCC4)cc2nc1C. The van der Waals surface area contributed by atoms with Gasteiger partial charge in [-0.15, -0.1) is 0 Å². The summed E-state index contributed by atoms with van der Waals surface area (Å²) in [6, 6.07) is 5.63. The first-order chi connectivity index (χ1) is 13.9. The van der Waals surface area contributed by atoms with Gasteiger partial charge in [-0.1, -0.05) is 6.92 Å². The average molecular weight is 393 g/mol. The highest BCUT2D eigenvalue weighted by Crippen LogP contribution is 2.44. The van der Waals surface area contributed by atoms with Crippen LogP contribution in [-0.4, -0.2) is 56.8 Å². The smallest absolute Gasteiger partial charge is 0.254 e. The highest BCUT2D eigenvalue weighted by atomic mass is 16.2. The number of amides is 2. The normalized spacial score (nSPS) is 25.2. The molecule has 0 N–H and O–H groups in total. The van der Waals surface area contributed by atoms with Gasteiger partial charge in [-0.3, -0.25) is 9.59 Å². The van der Waals surface area contributed by atoms with Gasteiger partial charge in [-0.05, 0) is 63.6 Å². The Bertz CT molecular complexity index is 1010. The van der Waals surface area contributed by atoms with Crippen molar-refractivity contribution in [1.82, 2.24) is 19.8 Å². The van der Waals surface area contributed by atoms with E-state index in [9.17, 15) is 9.59 Å². The van der Waals surface area contributed by atoms with Gasteiger partial charge in [-0.25, -0.2) is 9.97 Å². The summed E-state index contributed by atoms with van der Waals surface area (Å²) in [5.41, 5.74) is 3.86. The molecule has 1 aliphatic heterocycles. The van der Waals surface area contributed by atoms with Crippen molar-refractivity contribution in [3.8, 4) is 0 Å². The molecule has 2 atom stereocenters. The van der Waals surface area contributed by atoms with Crippen LogP contribution in [0, 0.1) is 25.7 Å². The quantitative estimate of drug-likeness (QED) is 0.788. The van der Waals surface area contributed by atoms with Crippen molar-refractivity contribution in [2.24, 2.45) is 11.8 Å². The second-order valence-corrected chi connectivity index (χ2v) is 9.21. The van der Waals surface area contributed by atoms with Gasteiger partial charge in [0.1, 0.15) is 0 Å². The molecular weight excluding hydrogens is 364 g/mol. The Balaban J connectivity index is 1.40. The van der Waals surface area contributed by atoms with E-state index >= 15 is 0 Å². The first kappa shape index (κ1) is 18.5. The maximum atomic E-state index is 13.5. The van der Waals surface area contributed by atoms with Crippen LogP contribution < -0.4 is 0 Å². The summed E-state index contributed by atoms with van der Waals surface area (Å²) < 4.78 is 0. The van der Waals surface area contributed by atoms with Crippen LogP contribution in [0.25, 0.3) is 11.0 Å². The van der Waals surface area contributed by atoms with Crippen molar-refractivity contribution in [3.05, 3.63) is 35.2 Å². The highest BCUT2D eigenvalue weighted by molar-refractivity contribution is 5.98. The molecule has 29 heavy (non-hydrogen) atoms. The second kappa shape index (κ2) is 6.51. The third-order valence-corrected chi connectivity index (χ3v) is 7.24. The predicted octanol–water partition coefficient (Wildman–Crippen LogP) is 3.11. The minimum Gasteiger partial charge on any atom is -0.338 e. The van der Waals surface area contributed by atoms with E-state index in [-0.39, 0.29) is 17.4 Å². The number of hydrogen-bond acceptors (Lipinski definition) is 4. The van der Waals surface area contributed by atoms with Crippen LogP contribution in [-0.2, 0) is 4.79 Å². The van der Waals surface area contributed by atoms with E-state index < -0.39 is 0 Å². The number of rotatable bonds is 2. The maximum absolute atomic E-state index is 13.5. The van der Waals surface area contributed by atoms with Crippen LogP contribution in [0.2, 0.25) is 0 Å². The fraction of sp³-hybridized carbons (Fsp3) is 0.565. The molecule has 6 nitrogen and oxygen atoms in total. The molecule has 0 unspecified atom stereocenters. The molecule has 152 valence electrons. The molecular formula is C23H28N4O2. The molecule has 1 aromatic heterocycles. The Labute approximate surface area is 171 Å². The minimum absolute atomic E-state index is 0.0542. The van der Waals surface area contributed by atoms with E-state index in [1.54, 1.807) is 0 Å². The molecule has 3 fully saturated rings. The number of aryl methyl sites for hydroxylation is 2. The maximum Gasteiger partial charge on any atom is 0.254 e. The fourth-order valence-electron chi connectivity index (χ4n) is 4.92. The summed E-state index contributed by atoms with van der Waals surface area (Å²) in [6.45, 7) is 7.98. The van der Waals surface area contributed by atoms with Gasteiger partial charge in [0.25, 0.3) is 5.91 Å². The Hall–Kier alpha value is -2.50. The molecule has 1 saturated heterocycles. The molecule has 2 heterocycles. The van der Waals surface area contributed by atoms with Gasteiger partial charge in [0, 0.05) is 31.1 Å². The van der Waals surface area contributed by atoms with Crippen LogP contribution in [0.1, 0.15) is 54.4 Å². The Kier molecular flexibility index (Phi) is 4.16. The van der Waals surface area contributed by atoms with Crippen molar-refractivity contribution < 1.29 is 9.59 Å². The number of fused-ring (bicyclic) bond motifs is 1. The molecule has 0 bridgehead atoms. The first-order valence-electron chi connectivity index (χ1n) is 10.7. The Morgan fingerprint density at radius 2 is 1.76 bits per heavy atom. The van der Waals surface area contributed by atoms with Gasteiger partial charge in [0.05, 0.1) is 28.0 Å². The van der Waals surface area contributed by atoms with Crippen molar-refractivity contribution in [1.29, 1.82) is 0 Å². The molecule has 6 heteroatoms. The van der Waals surface area contributed by atoms with Crippen LogP contribution >= 0.6 is 0 Å². The molecule has 3 aliphatic rings. The summed E-state index contributed by atoms with van der Waals surface area (Å²) in [5.74, 6) is 1.08. The Morgan fingerprint density at radius 1 is 1.07 bits per heavy atom. The number of piperazine rings is 1. The van der Waals surface area contributed by atoms with Gasteiger partial charge in [-0.2, -0.15) is 0 Å². The van der Waals surface area contributed by atoms with Gasteiger partial charge in [0.2, 0.25) is 5.91 Å². The third-order valence-electron chi connectivity index (χ3n) is 7.24. The van der Waals surface area contributed by atoms with Gasteiger partial charge in [0.15, 0.2) is 0 Å². The molecule has 2 saturated carbocycles. The fourth-order valence-corrected chi connectivity index (χ4v) is 4.92. The van der Waals surface area contributed by atoms with E-state index in [1.807, 2.05) is 41.8 Å². The van der Waals surface area contributed by atoms with Crippen molar-refractivity contribution in [3.63, 3.8) is 0 Å². The van der Waals surface area contributed by atoms with E-state index in [4.69, 9.17) is 0 Å². The lowest BCUT2D eigenvalue weighted by Crippen LogP contribution is -2.67. The molecule has 5 rings (SSSR count). The summed E-state index contributed by atoms with van der Waals surface area (Å²) >= 11 is 0. The summed E-state index contributed by atoms with van der Waals surface area (Å²) in [5, 5.41) is 0. The minimum atomic E-state index is -0.188. The molecule has 1 aromatic carbocycles. The van der Waals surface area contributed by atoms with Gasteiger partial charge < -0.3 is 9.80 Å². The standard InChI is InChI=1S/C23H28N4O2/c1-14-11-18(14)22(29)26-9-10-27(23(13-26)7-4-8-23)21(28)17-5-6-19-20(12-17)25-16(3)15(2)24-19/h5-6,12,14,18H,4,7-11,13H2,1-3H3/t14-,18-/m1/s1. The molecule has 2 aromatic rings. The number of nitrogens with zero attached hydrogens (tertiary/aromatic N) is 4. The van der Waals surface area contributed by atoms with Crippen LogP contribution in [0.4, 0.5) is 0 Å².